The first-order valence-corrected chi connectivity index (χ1v) is 8.72. The summed E-state index contributed by atoms with van der Waals surface area (Å²) < 4.78 is 2.07. The Labute approximate surface area is 133 Å². The van der Waals surface area contributed by atoms with Gasteiger partial charge in [-0.25, -0.2) is 0 Å². The molecule has 1 saturated carbocycles. The molecule has 0 saturated heterocycles. The van der Waals surface area contributed by atoms with E-state index in [0.29, 0.717) is 12.0 Å². The molecule has 0 spiro atoms. The van der Waals surface area contributed by atoms with Gasteiger partial charge in [0.2, 0.25) is 0 Å². The number of nitrogens with zero attached hydrogens (tertiary/aromatic N) is 3. The van der Waals surface area contributed by atoms with Crippen LogP contribution < -0.4 is 5.73 Å². The average molecular weight is 313 g/mol. The Morgan fingerprint density at radius 3 is 2.67 bits per heavy atom. The van der Waals surface area contributed by atoms with E-state index in [1.165, 1.54) is 25.0 Å². The van der Waals surface area contributed by atoms with Crippen LogP contribution in [-0.4, -0.2) is 33.8 Å². The fourth-order valence-electron chi connectivity index (χ4n) is 3.60. The summed E-state index contributed by atoms with van der Waals surface area (Å²) in [5.41, 5.74) is 8.14. The highest BCUT2D eigenvalue weighted by Gasteiger charge is 2.31. The van der Waals surface area contributed by atoms with E-state index >= 15 is 0 Å². The Morgan fingerprint density at radius 2 is 2.10 bits per heavy atom. The summed E-state index contributed by atoms with van der Waals surface area (Å²) in [5, 5.41) is 5.49. The smallest absolute Gasteiger partial charge is 0.0863 e. The third-order valence-corrected chi connectivity index (χ3v) is 5.28. The highest BCUT2D eigenvalue weighted by atomic mass is 35.5. The number of rotatable bonds is 7. The highest BCUT2D eigenvalue weighted by Crippen LogP contribution is 2.31. The van der Waals surface area contributed by atoms with Crippen molar-refractivity contribution in [1.82, 2.24) is 14.7 Å². The van der Waals surface area contributed by atoms with Crippen molar-refractivity contribution in [1.29, 1.82) is 0 Å². The predicted octanol–water partition coefficient (Wildman–Crippen LogP) is 3.07. The summed E-state index contributed by atoms with van der Waals surface area (Å²) >= 11 is 6.55. The second kappa shape index (κ2) is 7.61. The second-order valence-electron chi connectivity index (χ2n) is 5.93. The lowest BCUT2D eigenvalue weighted by Crippen LogP contribution is -2.40. The normalized spacial score (nSPS) is 22.4. The number of hydrogen-bond donors (Lipinski definition) is 1. The van der Waals surface area contributed by atoms with E-state index in [4.69, 9.17) is 17.3 Å². The largest absolute Gasteiger partial charge is 0.330 e. The molecular weight excluding hydrogens is 284 g/mol. The quantitative estimate of drug-likeness (QED) is 0.841. The van der Waals surface area contributed by atoms with Crippen molar-refractivity contribution in [3.63, 3.8) is 0 Å². The molecule has 0 amide bonds. The lowest BCUT2D eigenvalue weighted by atomic mass is 10.0. The standard InChI is InChI=1S/C16H29ClN4/c1-4-13-16(17)15(21(6-3)19-13)11-20(5-2)14-9-7-8-12(14)10-18/h12,14H,4-11,18H2,1-3H3. The van der Waals surface area contributed by atoms with Crippen LogP contribution in [0.25, 0.3) is 0 Å². The van der Waals surface area contributed by atoms with Crippen LogP contribution in [0.1, 0.15) is 51.4 Å². The summed E-state index contributed by atoms with van der Waals surface area (Å²) in [6.45, 7) is 10.1. The highest BCUT2D eigenvalue weighted by molar-refractivity contribution is 6.31. The first kappa shape index (κ1) is 16.8. The second-order valence-corrected chi connectivity index (χ2v) is 6.31. The molecule has 1 aromatic rings. The van der Waals surface area contributed by atoms with Crippen molar-refractivity contribution >= 4 is 11.6 Å². The van der Waals surface area contributed by atoms with Gasteiger partial charge in [0.25, 0.3) is 0 Å². The lowest BCUT2D eigenvalue weighted by Gasteiger charge is -2.32. The third kappa shape index (κ3) is 3.43. The first-order valence-electron chi connectivity index (χ1n) is 8.34. The molecule has 0 aromatic carbocycles. The van der Waals surface area contributed by atoms with Crippen LogP contribution >= 0.6 is 11.6 Å². The molecule has 2 rings (SSSR count). The Hall–Kier alpha value is -0.580. The van der Waals surface area contributed by atoms with Gasteiger partial charge in [0, 0.05) is 19.1 Å². The van der Waals surface area contributed by atoms with Crippen molar-refractivity contribution in [2.75, 3.05) is 13.1 Å². The van der Waals surface area contributed by atoms with Crippen molar-refractivity contribution in [2.45, 2.75) is 65.6 Å². The Balaban J connectivity index is 2.20. The maximum Gasteiger partial charge on any atom is 0.0863 e. The number of aromatic nitrogens is 2. The van der Waals surface area contributed by atoms with Gasteiger partial charge in [-0.15, -0.1) is 0 Å². The summed E-state index contributed by atoms with van der Waals surface area (Å²) in [7, 11) is 0. The molecule has 4 nitrogen and oxygen atoms in total. The molecule has 2 unspecified atom stereocenters. The van der Waals surface area contributed by atoms with Gasteiger partial charge in [-0.1, -0.05) is 31.9 Å². The molecule has 1 heterocycles. The molecule has 1 aliphatic rings. The van der Waals surface area contributed by atoms with Crippen molar-refractivity contribution < 1.29 is 0 Å². The van der Waals surface area contributed by atoms with Crippen molar-refractivity contribution in [3.05, 3.63) is 16.4 Å². The Kier molecular flexibility index (Phi) is 6.08. The molecule has 2 N–H and O–H groups in total. The van der Waals surface area contributed by atoms with E-state index in [9.17, 15) is 0 Å². The van der Waals surface area contributed by atoms with E-state index in [-0.39, 0.29) is 0 Å². The van der Waals surface area contributed by atoms with Crippen molar-refractivity contribution in [2.24, 2.45) is 11.7 Å². The SMILES string of the molecule is CCc1nn(CC)c(CN(CC)C2CCCC2CN)c1Cl. The summed E-state index contributed by atoms with van der Waals surface area (Å²) in [6, 6.07) is 0.598. The number of halogens is 1. The monoisotopic (exact) mass is 312 g/mol. The van der Waals surface area contributed by atoms with Gasteiger partial charge >= 0.3 is 0 Å². The van der Waals surface area contributed by atoms with E-state index in [1.54, 1.807) is 0 Å². The number of nitrogens with two attached hydrogens (primary N) is 1. The molecule has 1 fully saturated rings. The van der Waals surface area contributed by atoms with Gasteiger partial charge in [0.15, 0.2) is 0 Å². The molecule has 0 aliphatic heterocycles. The Bertz CT molecular complexity index is 457. The van der Waals surface area contributed by atoms with Crippen LogP contribution in [0, 0.1) is 5.92 Å². The van der Waals surface area contributed by atoms with Gasteiger partial charge in [0.1, 0.15) is 0 Å². The van der Waals surface area contributed by atoms with Gasteiger partial charge < -0.3 is 5.73 Å². The number of aryl methyl sites for hydroxylation is 2. The zero-order valence-electron chi connectivity index (χ0n) is 13.6. The molecule has 2 atom stereocenters. The summed E-state index contributed by atoms with van der Waals surface area (Å²) in [5.74, 6) is 0.632. The molecule has 0 radical (unpaired) electrons. The third-order valence-electron chi connectivity index (χ3n) is 4.84. The van der Waals surface area contributed by atoms with E-state index in [1.807, 2.05) is 0 Å². The van der Waals surface area contributed by atoms with E-state index < -0.39 is 0 Å². The zero-order valence-corrected chi connectivity index (χ0v) is 14.4. The van der Waals surface area contributed by atoms with Crippen molar-refractivity contribution in [3.8, 4) is 0 Å². The molecule has 1 aliphatic carbocycles. The molecule has 21 heavy (non-hydrogen) atoms. The maximum atomic E-state index is 6.55. The topological polar surface area (TPSA) is 47.1 Å². The minimum Gasteiger partial charge on any atom is -0.330 e. The maximum absolute atomic E-state index is 6.55. The number of hydrogen-bond acceptors (Lipinski definition) is 3. The lowest BCUT2D eigenvalue weighted by molar-refractivity contribution is 0.158. The van der Waals surface area contributed by atoms with Crippen LogP contribution in [0.15, 0.2) is 0 Å². The van der Waals surface area contributed by atoms with E-state index in [2.05, 4.69) is 35.5 Å². The predicted molar refractivity (Wildman–Crippen MR) is 88.6 cm³/mol. The van der Waals surface area contributed by atoms with Crippen LogP contribution in [0.4, 0.5) is 0 Å². The minimum absolute atomic E-state index is 0.598. The van der Waals surface area contributed by atoms with Crippen LogP contribution in [0.2, 0.25) is 5.02 Å². The van der Waals surface area contributed by atoms with Crippen LogP contribution in [0.3, 0.4) is 0 Å². The van der Waals surface area contributed by atoms with Gasteiger partial charge in [-0.3, -0.25) is 9.58 Å². The minimum atomic E-state index is 0.598. The fraction of sp³-hybridized carbons (Fsp3) is 0.812. The van der Waals surface area contributed by atoms with Gasteiger partial charge in [-0.2, -0.15) is 5.10 Å². The fourth-order valence-corrected chi connectivity index (χ4v) is 3.93. The Morgan fingerprint density at radius 1 is 1.33 bits per heavy atom. The summed E-state index contributed by atoms with van der Waals surface area (Å²) in [6.07, 6.45) is 4.71. The molecule has 5 heteroatoms. The molecule has 0 bridgehead atoms. The van der Waals surface area contributed by atoms with E-state index in [0.717, 1.165) is 43.3 Å². The van der Waals surface area contributed by atoms with Gasteiger partial charge in [0.05, 0.1) is 16.4 Å². The molecule has 1 aromatic heterocycles. The molecule has 120 valence electrons. The summed E-state index contributed by atoms with van der Waals surface area (Å²) in [4.78, 5) is 2.54. The molecular formula is C16H29ClN4. The zero-order chi connectivity index (χ0) is 15.4. The van der Waals surface area contributed by atoms with Gasteiger partial charge in [-0.05, 0) is 45.2 Å². The average Bonchev–Trinajstić information content (AvgIpc) is 3.09. The first-order chi connectivity index (χ1) is 10.2. The van der Waals surface area contributed by atoms with Crippen LogP contribution in [-0.2, 0) is 19.5 Å². The van der Waals surface area contributed by atoms with Crippen LogP contribution in [0.5, 0.6) is 0 Å².